The van der Waals surface area contributed by atoms with Gasteiger partial charge in [0.15, 0.2) is 5.96 Å². The molecule has 0 saturated carbocycles. The summed E-state index contributed by atoms with van der Waals surface area (Å²) < 4.78 is 11.2. The van der Waals surface area contributed by atoms with Crippen molar-refractivity contribution in [1.29, 1.82) is 0 Å². The third-order valence-corrected chi connectivity index (χ3v) is 6.85. The van der Waals surface area contributed by atoms with Gasteiger partial charge in [0.05, 0.1) is 32.9 Å². The van der Waals surface area contributed by atoms with Gasteiger partial charge in [-0.3, -0.25) is 14.8 Å². The van der Waals surface area contributed by atoms with Gasteiger partial charge in [-0.05, 0) is 45.3 Å². The van der Waals surface area contributed by atoms with E-state index in [0.717, 1.165) is 77.3 Å². The summed E-state index contributed by atoms with van der Waals surface area (Å²) in [4.78, 5) is 12.8. The lowest BCUT2D eigenvalue weighted by Crippen LogP contribution is -2.46. The number of guanidine groups is 1. The number of aliphatic imine (C=N–C) groups is 1. The van der Waals surface area contributed by atoms with E-state index in [1.807, 2.05) is 6.07 Å². The van der Waals surface area contributed by atoms with Crippen LogP contribution in [0.4, 0.5) is 0 Å². The first-order valence-corrected chi connectivity index (χ1v) is 12.0. The summed E-state index contributed by atoms with van der Waals surface area (Å²) in [6, 6.07) is 9.30. The Balaban J connectivity index is 1.48. The van der Waals surface area contributed by atoms with Crippen LogP contribution in [0.1, 0.15) is 37.8 Å². The third kappa shape index (κ3) is 5.51. The topological polar surface area (TPSA) is 52.6 Å². The van der Waals surface area contributed by atoms with Crippen molar-refractivity contribution in [2.45, 2.75) is 38.3 Å². The summed E-state index contributed by atoms with van der Waals surface area (Å²) in [5.41, 5.74) is 1.25. The van der Waals surface area contributed by atoms with E-state index in [1.54, 1.807) is 7.11 Å². The lowest BCUT2D eigenvalue weighted by molar-refractivity contribution is 0.0195. The van der Waals surface area contributed by atoms with E-state index in [0.29, 0.717) is 6.04 Å². The van der Waals surface area contributed by atoms with Crippen molar-refractivity contribution in [3.05, 3.63) is 29.8 Å². The maximum atomic E-state index is 5.70. The fraction of sp³-hybridized carbons (Fsp3) is 0.708. The number of likely N-dealkylation sites (tertiary alicyclic amines) is 2. The molecule has 0 aliphatic carbocycles. The molecule has 7 heteroatoms. The molecule has 0 spiro atoms. The highest BCUT2D eigenvalue weighted by Gasteiger charge is 2.31. The number of ether oxygens (including phenoxy) is 2. The number of methoxy groups -OCH3 is 1. The Morgan fingerprint density at radius 1 is 1.16 bits per heavy atom. The van der Waals surface area contributed by atoms with Gasteiger partial charge in [0.2, 0.25) is 0 Å². The van der Waals surface area contributed by atoms with Crippen LogP contribution in [0.25, 0.3) is 0 Å². The summed E-state index contributed by atoms with van der Waals surface area (Å²) in [5, 5.41) is 3.56. The van der Waals surface area contributed by atoms with Gasteiger partial charge in [-0.25, -0.2) is 0 Å². The van der Waals surface area contributed by atoms with Crippen LogP contribution in [0.5, 0.6) is 5.75 Å². The zero-order valence-electron chi connectivity index (χ0n) is 19.3. The number of benzene rings is 1. The SMILES string of the molecule is CCNC(=NCC(c1ccccc1OC)N1CCCC1)N1CCC(N2CCOCC2)C1. The molecule has 2 unspecified atom stereocenters. The summed E-state index contributed by atoms with van der Waals surface area (Å²) in [5.74, 6) is 2.02. The van der Waals surface area contributed by atoms with Crippen LogP contribution in [0.3, 0.4) is 0 Å². The Morgan fingerprint density at radius 2 is 1.94 bits per heavy atom. The maximum Gasteiger partial charge on any atom is 0.194 e. The Hall–Kier alpha value is -1.83. The van der Waals surface area contributed by atoms with E-state index in [9.17, 15) is 0 Å². The molecule has 3 aliphatic rings. The van der Waals surface area contributed by atoms with Crippen molar-refractivity contribution >= 4 is 5.96 Å². The molecule has 3 saturated heterocycles. The lowest BCUT2D eigenvalue weighted by Gasteiger charge is -2.32. The summed E-state index contributed by atoms with van der Waals surface area (Å²) >= 11 is 0. The second kappa shape index (κ2) is 11.2. The van der Waals surface area contributed by atoms with Crippen LogP contribution in [0, 0.1) is 0 Å². The van der Waals surface area contributed by atoms with E-state index >= 15 is 0 Å². The van der Waals surface area contributed by atoms with Crippen molar-refractivity contribution in [2.24, 2.45) is 4.99 Å². The molecule has 31 heavy (non-hydrogen) atoms. The van der Waals surface area contributed by atoms with Gasteiger partial charge in [-0.1, -0.05) is 18.2 Å². The Labute approximate surface area is 187 Å². The van der Waals surface area contributed by atoms with Crippen LogP contribution in [0.15, 0.2) is 29.3 Å². The van der Waals surface area contributed by atoms with Crippen LogP contribution < -0.4 is 10.1 Å². The lowest BCUT2D eigenvalue weighted by atomic mass is 10.0. The number of nitrogens with one attached hydrogen (secondary N) is 1. The van der Waals surface area contributed by atoms with Crippen LogP contribution in [0.2, 0.25) is 0 Å². The Bertz CT molecular complexity index is 716. The Morgan fingerprint density at radius 3 is 2.68 bits per heavy atom. The molecule has 3 fully saturated rings. The number of rotatable bonds is 7. The first-order valence-electron chi connectivity index (χ1n) is 12.0. The maximum absolute atomic E-state index is 5.70. The van der Waals surface area contributed by atoms with Crippen molar-refractivity contribution in [3.63, 3.8) is 0 Å². The number of para-hydroxylation sites is 1. The Kier molecular flexibility index (Phi) is 8.05. The standard InChI is InChI=1S/C24H39N5O2/c1-3-25-24(29-13-10-20(19-29)27-14-16-31-17-15-27)26-18-22(28-11-6-7-12-28)21-8-4-5-9-23(21)30-2/h4-5,8-9,20,22H,3,6-7,10-19H2,1-2H3,(H,25,26). The van der Waals surface area contributed by atoms with E-state index in [-0.39, 0.29) is 6.04 Å². The van der Waals surface area contributed by atoms with Gasteiger partial charge < -0.3 is 19.7 Å². The molecule has 3 aliphatic heterocycles. The minimum absolute atomic E-state index is 0.255. The smallest absolute Gasteiger partial charge is 0.194 e. The molecule has 7 nitrogen and oxygen atoms in total. The zero-order valence-corrected chi connectivity index (χ0v) is 19.3. The van der Waals surface area contributed by atoms with Gasteiger partial charge in [0.25, 0.3) is 0 Å². The minimum Gasteiger partial charge on any atom is -0.496 e. The molecule has 4 rings (SSSR count). The van der Waals surface area contributed by atoms with Gasteiger partial charge in [0.1, 0.15) is 5.75 Å². The predicted octanol–water partition coefficient (Wildman–Crippen LogP) is 2.20. The predicted molar refractivity (Wildman–Crippen MR) is 125 cm³/mol. The van der Waals surface area contributed by atoms with Gasteiger partial charge in [0, 0.05) is 44.3 Å². The van der Waals surface area contributed by atoms with Gasteiger partial charge in [-0.2, -0.15) is 0 Å². The van der Waals surface area contributed by atoms with Crippen LogP contribution in [-0.2, 0) is 4.74 Å². The average molecular weight is 430 g/mol. The van der Waals surface area contributed by atoms with Gasteiger partial charge in [-0.15, -0.1) is 0 Å². The molecule has 3 heterocycles. The average Bonchev–Trinajstić information content (AvgIpc) is 3.52. The highest BCUT2D eigenvalue weighted by atomic mass is 16.5. The molecule has 172 valence electrons. The first-order chi connectivity index (χ1) is 15.3. The first kappa shape index (κ1) is 22.4. The number of hydrogen-bond donors (Lipinski definition) is 1. The summed E-state index contributed by atoms with van der Waals surface area (Å²) in [6.07, 6.45) is 3.73. The van der Waals surface area contributed by atoms with Crippen molar-refractivity contribution < 1.29 is 9.47 Å². The molecule has 1 N–H and O–H groups in total. The second-order valence-corrected chi connectivity index (χ2v) is 8.73. The summed E-state index contributed by atoms with van der Waals surface area (Å²) in [6.45, 7) is 12.0. The van der Waals surface area contributed by atoms with Crippen LogP contribution in [-0.4, -0.2) is 99.4 Å². The van der Waals surface area contributed by atoms with Crippen LogP contribution >= 0.6 is 0 Å². The molecule has 0 radical (unpaired) electrons. The second-order valence-electron chi connectivity index (χ2n) is 8.73. The largest absolute Gasteiger partial charge is 0.496 e. The van der Waals surface area contributed by atoms with Gasteiger partial charge >= 0.3 is 0 Å². The van der Waals surface area contributed by atoms with Crippen molar-refractivity contribution in [1.82, 2.24) is 20.0 Å². The highest BCUT2D eigenvalue weighted by Crippen LogP contribution is 2.32. The fourth-order valence-electron chi connectivity index (χ4n) is 5.18. The number of morpholine rings is 1. The van der Waals surface area contributed by atoms with Crippen molar-refractivity contribution in [2.75, 3.05) is 72.7 Å². The summed E-state index contributed by atoms with van der Waals surface area (Å²) in [7, 11) is 1.77. The number of nitrogens with zero attached hydrogens (tertiary/aromatic N) is 4. The molecule has 0 bridgehead atoms. The molecule has 0 aromatic heterocycles. The van der Waals surface area contributed by atoms with E-state index in [4.69, 9.17) is 14.5 Å². The number of hydrogen-bond acceptors (Lipinski definition) is 5. The third-order valence-electron chi connectivity index (χ3n) is 6.85. The molecule has 0 amide bonds. The fourth-order valence-corrected chi connectivity index (χ4v) is 5.18. The molecular weight excluding hydrogens is 390 g/mol. The minimum atomic E-state index is 0.255. The van der Waals surface area contributed by atoms with E-state index in [2.05, 4.69) is 45.1 Å². The molecule has 1 aromatic carbocycles. The molecular formula is C24H39N5O2. The molecule has 2 atom stereocenters. The normalized spacial score (nSPS) is 24.5. The monoisotopic (exact) mass is 429 g/mol. The van der Waals surface area contributed by atoms with Crippen molar-refractivity contribution in [3.8, 4) is 5.75 Å². The van der Waals surface area contributed by atoms with E-state index < -0.39 is 0 Å². The quantitative estimate of drug-likeness (QED) is 0.530. The van der Waals surface area contributed by atoms with E-state index in [1.165, 1.54) is 24.8 Å². The zero-order chi connectivity index (χ0) is 21.5. The highest BCUT2D eigenvalue weighted by molar-refractivity contribution is 5.80. The molecule has 1 aromatic rings.